The standard InChI is InChI=1S/C12H14ClNOS/c1-8(2)14-7-11-9(3-5-15-11)12-10(13)4-6-16-12/h3-6,8,14H,7H2,1-2H3. The molecule has 0 unspecified atom stereocenters. The molecule has 2 aromatic rings. The molecule has 0 radical (unpaired) electrons. The molecule has 0 aliphatic carbocycles. The van der Waals surface area contributed by atoms with Gasteiger partial charge in [0, 0.05) is 11.6 Å². The van der Waals surface area contributed by atoms with E-state index in [0.29, 0.717) is 6.04 Å². The minimum absolute atomic E-state index is 0.441. The third-order valence-electron chi connectivity index (χ3n) is 2.28. The Kier molecular flexibility index (Phi) is 3.69. The smallest absolute Gasteiger partial charge is 0.126 e. The maximum Gasteiger partial charge on any atom is 0.126 e. The van der Waals surface area contributed by atoms with Crippen LogP contribution in [0, 0.1) is 0 Å². The molecule has 1 N–H and O–H groups in total. The molecule has 0 amide bonds. The molecule has 0 aliphatic rings. The van der Waals surface area contributed by atoms with Crippen LogP contribution < -0.4 is 5.32 Å². The molecule has 0 saturated heterocycles. The normalized spacial score (nSPS) is 11.2. The predicted molar refractivity (Wildman–Crippen MR) is 69.0 cm³/mol. The molecule has 0 fully saturated rings. The minimum Gasteiger partial charge on any atom is -0.467 e. The second kappa shape index (κ2) is 5.04. The van der Waals surface area contributed by atoms with Crippen molar-refractivity contribution < 1.29 is 4.42 Å². The lowest BCUT2D eigenvalue weighted by Gasteiger charge is -2.07. The van der Waals surface area contributed by atoms with E-state index in [1.807, 2.05) is 17.5 Å². The molecule has 0 atom stereocenters. The van der Waals surface area contributed by atoms with Crippen LogP contribution in [0.15, 0.2) is 28.2 Å². The molecule has 16 heavy (non-hydrogen) atoms. The molecular formula is C12H14ClNOS. The van der Waals surface area contributed by atoms with Gasteiger partial charge in [0.1, 0.15) is 5.76 Å². The summed E-state index contributed by atoms with van der Waals surface area (Å²) in [4.78, 5) is 1.08. The summed E-state index contributed by atoms with van der Waals surface area (Å²) in [6.45, 7) is 4.95. The number of nitrogens with one attached hydrogen (secondary N) is 1. The van der Waals surface area contributed by atoms with Gasteiger partial charge in [0.2, 0.25) is 0 Å². The predicted octanol–water partition coefficient (Wildman–Crippen LogP) is 4.16. The third kappa shape index (κ3) is 2.48. The Labute approximate surface area is 104 Å². The van der Waals surface area contributed by atoms with E-state index in [9.17, 15) is 0 Å². The van der Waals surface area contributed by atoms with Gasteiger partial charge >= 0.3 is 0 Å². The Morgan fingerprint density at radius 2 is 2.25 bits per heavy atom. The largest absolute Gasteiger partial charge is 0.467 e. The molecule has 0 bridgehead atoms. The number of furan rings is 1. The highest BCUT2D eigenvalue weighted by Gasteiger charge is 2.12. The lowest BCUT2D eigenvalue weighted by molar-refractivity contribution is 0.466. The van der Waals surface area contributed by atoms with Gasteiger partial charge in [-0.1, -0.05) is 25.4 Å². The van der Waals surface area contributed by atoms with Crippen molar-refractivity contribution in [1.82, 2.24) is 5.32 Å². The van der Waals surface area contributed by atoms with E-state index in [2.05, 4.69) is 19.2 Å². The Balaban J connectivity index is 2.23. The van der Waals surface area contributed by atoms with Gasteiger partial charge in [-0.05, 0) is 17.5 Å². The highest BCUT2D eigenvalue weighted by molar-refractivity contribution is 7.14. The van der Waals surface area contributed by atoms with Crippen LogP contribution >= 0.6 is 22.9 Å². The fourth-order valence-corrected chi connectivity index (χ4v) is 2.67. The molecule has 2 aromatic heterocycles. The summed E-state index contributed by atoms with van der Waals surface area (Å²) in [5, 5.41) is 6.12. The van der Waals surface area contributed by atoms with Crippen molar-refractivity contribution in [3.63, 3.8) is 0 Å². The Hall–Kier alpha value is -0.770. The second-order valence-electron chi connectivity index (χ2n) is 3.89. The number of thiophene rings is 1. The lowest BCUT2D eigenvalue weighted by atomic mass is 10.2. The van der Waals surface area contributed by atoms with Crippen LogP contribution in [0.3, 0.4) is 0 Å². The van der Waals surface area contributed by atoms with Crippen LogP contribution in [0.4, 0.5) is 0 Å². The van der Waals surface area contributed by atoms with Crippen LogP contribution in [0.1, 0.15) is 19.6 Å². The van der Waals surface area contributed by atoms with Crippen molar-refractivity contribution in [2.45, 2.75) is 26.4 Å². The van der Waals surface area contributed by atoms with E-state index in [1.54, 1.807) is 17.6 Å². The van der Waals surface area contributed by atoms with Crippen molar-refractivity contribution in [2.24, 2.45) is 0 Å². The highest BCUT2D eigenvalue weighted by Crippen LogP contribution is 2.35. The van der Waals surface area contributed by atoms with Gasteiger partial charge in [-0.15, -0.1) is 11.3 Å². The zero-order valence-corrected chi connectivity index (χ0v) is 10.9. The van der Waals surface area contributed by atoms with Gasteiger partial charge in [0.15, 0.2) is 0 Å². The first kappa shape index (κ1) is 11.7. The van der Waals surface area contributed by atoms with Crippen molar-refractivity contribution in [1.29, 1.82) is 0 Å². The van der Waals surface area contributed by atoms with Crippen LogP contribution in [-0.2, 0) is 6.54 Å². The van der Waals surface area contributed by atoms with E-state index < -0.39 is 0 Å². The first-order valence-electron chi connectivity index (χ1n) is 5.21. The zero-order chi connectivity index (χ0) is 11.5. The Morgan fingerprint density at radius 1 is 1.44 bits per heavy atom. The molecule has 86 valence electrons. The molecule has 0 aromatic carbocycles. The van der Waals surface area contributed by atoms with Crippen LogP contribution in [0.2, 0.25) is 5.02 Å². The quantitative estimate of drug-likeness (QED) is 0.888. The van der Waals surface area contributed by atoms with E-state index in [-0.39, 0.29) is 0 Å². The fraction of sp³-hybridized carbons (Fsp3) is 0.333. The van der Waals surface area contributed by atoms with Crippen LogP contribution in [-0.4, -0.2) is 6.04 Å². The summed E-state index contributed by atoms with van der Waals surface area (Å²) >= 11 is 7.75. The lowest BCUT2D eigenvalue weighted by Crippen LogP contribution is -2.21. The van der Waals surface area contributed by atoms with E-state index in [1.165, 1.54) is 0 Å². The molecule has 4 heteroatoms. The van der Waals surface area contributed by atoms with E-state index in [0.717, 1.165) is 27.8 Å². The fourth-order valence-electron chi connectivity index (χ4n) is 1.46. The minimum atomic E-state index is 0.441. The zero-order valence-electron chi connectivity index (χ0n) is 9.29. The van der Waals surface area contributed by atoms with Gasteiger partial charge in [-0.3, -0.25) is 0 Å². The molecule has 2 heterocycles. The van der Waals surface area contributed by atoms with Crippen LogP contribution in [0.25, 0.3) is 10.4 Å². The van der Waals surface area contributed by atoms with Crippen molar-refractivity contribution in [2.75, 3.05) is 0 Å². The first-order valence-corrected chi connectivity index (χ1v) is 6.47. The summed E-state index contributed by atoms with van der Waals surface area (Å²) in [5.41, 5.74) is 1.09. The molecule has 0 saturated carbocycles. The van der Waals surface area contributed by atoms with Gasteiger partial charge in [-0.2, -0.15) is 0 Å². The van der Waals surface area contributed by atoms with Crippen molar-refractivity contribution in [3.8, 4) is 10.4 Å². The second-order valence-corrected chi connectivity index (χ2v) is 5.21. The van der Waals surface area contributed by atoms with E-state index in [4.69, 9.17) is 16.0 Å². The average Bonchev–Trinajstić information content (AvgIpc) is 2.82. The van der Waals surface area contributed by atoms with Gasteiger partial charge in [0.25, 0.3) is 0 Å². The highest BCUT2D eigenvalue weighted by atomic mass is 35.5. The van der Waals surface area contributed by atoms with Gasteiger partial charge in [-0.25, -0.2) is 0 Å². The van der Waals surface area contributed by atoms with Gasteiger partial charge < -0.3 is 9.73 Å². The maximum atomic E-state index is 6.11. The Bertz CT molecular complexity index is 461. The molecule has 0 spiro atoms. The van der Waals surface area contributed by atoms with E-state index >= 15 is 0 Å². The Morgan fingerprint density at radius 3 is 2.88 bits per heavy atom. The summed E-state index contributed by atoms with van der Waals surface area (Å²) < 4.78 is 5.48. The molecule has 2 rings (SSSR count). The first-order chi connectivity index (χ1) is 7.68. The van der Waals surface area contributed by atoms with Crippen molar-refractivity contribution >= 4 is 22.9 Å². The maximum absolute atomic E-state index is 6.11. The summed E-state index contributed by atoms with van der Waals surface area (Å²) in [6.07, 6.45) is 1.71. The topological polar surface area (TPSA) is 25.2 Å². The SMILES string of the molecule is CC(C)NCc1occc1-c1sccc1Cl. The number of rotatable bonds is 4. The monoisotopic (exact) mass is 255 g/mol. The van der Waals surface area contributed by atoms with Crippen LogP contribution in [0.5, 0.6) is 0 Å². The van der Waals surface area contributed by atoms with Crippen molar-refractivity contribution in [3.05, 3.63) is 34.6 Å². The molecule has 0 aliphatic heterocycles. The summed E-state index contributed by atoms with van der Waals surface area (Å²) in [6, 6.07) is 4.32. The number of hydrogen-bond donors (Lipinski definition) is 1. The molecule has 2 nitrogen and oxygen atoms in total. The third-order valence-corrected chi connectivity index (χ3v) is 3.65. The summed E-state index contributed by atoms with van der Waals surface area (Å²) in [7, 11) is 0. The number of halogens is 1. The van der Waals surface area contributed by atoms with Gasteiger partial charge in [0.05, 0.1) is 22.7 Å². The average molecular weight is 256 g/mol. The summed E-state index contributed by atoms with van der Waals surface area (Å²) in [5.74, 6) is 0.943. The number of hydrogen-bond acceptors (Lipinski definition) is 3. The molecular weight excluding hydrogens is 242 g/mol.